The zero-order valence-electron chi connectivity index (χ0n) is 10.9. The molecule has 1 aliphatic heterocycles. The van der Waals surface area contributed by atoms with Crippen molar-refractivity contribution >= 4 is 23.9 Å². The molecule has 0 fully saturated rings. The third-order valence-corrected chi connectivity index (χ3v) is 3.06. The summed E-state index contributed by atoms with van der Waals surface area (Å²) in [5.41, 5.74) is 0.210. The quantitative estimate of drug-likeness (QED) is 0.474. The Morgan fingerprint density at radius 1 is 1.43 bits per heavy atom. The van der Waals surface area contributed by atoms with Crippen molar-refractivity contribution in [1.29, 1.82) is 0 Å². The number of ether oxygens (including phenoxy) is 3. The van der Waals surface area contributed by atoms with Gasteiger partial charge in [0, 0.05) is 5.56 Å². The first-order chi connectivity index (χ1) is 9.81. The Balaban J connectivity index is 2.33. The van der Waals surface area contributed by atoms with Crippen LogP contribution in [0.1, 0.15) is 23.7 Å². The normalized spacial score (nSPS) is 20.2. The lowest BCUT2D eigenvalue weighted by Gasteiger charge is -2.30. The fraction of sp³-hybridized carbons (Fsp3) is 0.385. The molecule has 0 saturated carbocycles. The monoisotopic (exact) mass is 320 g/mol. The second-order valence-electron chi connectivity index (χ2n) is 4.26. The molecule has 2 rings (SSSR count). The fourth-order valence-corrected chi connectivity index (χ4v) is 1.97. The summed E-state index contributed by atoms with van der Waals surface area (Å²) in [5, 5.41) is -3.99. The molecular formula is C13H11ClF2O5. The van der Waals surface area contributed by atoms with Crippen LogP contribution in [0.5, 0.6) is 11.5 Å². The number of fused-ring (bicyclic) bond motifs is 1. The molecule has 21 heavy (non-hydrogen) atoms. The number of esters is 1. The maximum atomic E-state index is 13.7. The van der Waals surface area contributed by atoms with Gasteiger partial charge in [-0.1, -0.05) is 0 Å². The van der Waals surface area contributed by atoms with E-state index in [4.69, 9.17) is 21.1 Å². The van der Waals surface area contributed by atoms with Gasteiger partial charge in [0.25, 0.3) is 0 Å². The Hall–Kier alpha value is -1.89. The second-order valence-corrected chi connectivity index (χ2v) is 4.74. The minimum Gasteiger partial charge on any atom is -0.466 e. The van der Waals surface area contributed by atoms with E-state index in [1.54, 1.807) is 0 Å². The smallest absolute Gasteiger partial charge is 0.397 e. The molecule has 5 nitrogen and oxygen atoms in total. The van der Waals surface area contributed by atoms with Crippen LogP contribution in [0.2, 0.25) is 0 Å². The third kappa shape index (κ3) is 2.92. The maximum Gasteiger partial charge on any atom is 0.397 e. The number of carbonyl (C=O) groups is 2. The van der Waals surface area contributed by atoms with E-state index in [1.165, 1.54) is 25.1 Å². The van der Waals surface area contributed by atoms with Gasteiger partial charge in [-0.3, -0.25) is 9.59 Å². The van der Waals surface area contributed by atoms with Crippen LogP contribution in [0.25, 0.3) is 0 Å². The molecule has 0 spiro atoms. The largest absolute Gasteiger partial charge is 0.466 e. The van der Waals surface area contributed by atoms with Crippen molar-refractivity contribution in [2.75, 3.05) is 6.61 Å². The van der Waals surface area contributed by atoms with E-state index < -0.39 is 23.6 Å². The van der Waals surface area contributed by atoms with Crippen LogP contribution in [0, 0.1) is 0 Å². The van der Waals surface area contributed by atoms with Crippen molar-refractivity contribution in [3.8, 4) is 11.5 Å². The number of hydrogen-bond acceptors (Lipinski definition) is 5. The van der Waals surface area contributed by atoms with E-state index in [0.717, 1.165) is 0 Å². The Morgan fingerprint density at radius 3 is 2.67 bits per heavy atom. The molecule has 1 unspecified atom stereocenters. The van der Waals surface area contributed by atoms with Gasteiger partial charge in [-0.05, 0) is 36.7 Å². The number of benzene rings is 1. The highest BCUT2D eigenvalue weighted by Gasteiger charge is 2.62. The van der Waals surface area contributed by atoms with E-state index >= 15 is 0 Å². The zero-order chi connectivity index (χ0) is 15.7. The molecule has 1 aromatic carbocycles. The van der Waals surface area contributed by atoms with Crippen molar-refractivity contribution in [2.24, 2.45) is 0 Å². The predicted molar refractivity (Wildman–Crippen MR) is 67.9 cm³/mol. The van der Waals surface area contributed by atoms with Crippen molar-refractivity contribution in [3.05, 3.63) is 23.8 Å². The van der Waals surface area contributed by atoms with E-state index in [2.05, 4.69) is 4.74 Å². The Labute approximate surface area is 123 Å². The zero-order valence-corrected chi connectivity index (χ0v) is 11.7. The maximum absolute atomic E-state index is 13.7. The van der Waals surface area contributed by atoms with Crippen LogP contribution >= 0.6 is 11.6 Å². The SMILES string of the molecule is CCOC(=O)CC1(C(F)(F)Cl)Oc2ccc(C=O)cc2O1. The summed E-state index contributed by atoms with van der Waals surface area (Å²) in [4.78, 5) is 22.2. The molecule has 0 amide bonds. The van der Waals surface area contributed by atoms with Crippen molar-refractivity contribution in [3.63, 3.8) is 0 Å². The molecule has 8 heteroatoms. The average Bonchev–Trinajstić information content (AvgIpc) is 2.76. The molecule has 1 aliphatic rings. The summed E-state index contributed by atoms with van der Waals surface area (Å²) >= 11 is 5.04. The molecule has 0 radical (unpaired) electrons. The van der Waals surface area contributed by atoms with E-state index in [9.17, 15) is 18.4 Å². The van der Waals surface area contributed by atoms with Gasteiger partial charge in [0.15, 0.2) is 11.5 Å². The minimum atomic E-state index is -3.99. The highest BCUT2D eigenvalue weighted by molar-refractivity contribution is 6.22. The van der Waals surface area contributed by atoms with E-state index in [-0.39, 0.29) is 23.7 Å². The number of hydrogen-bond donors (Lipinski definition) is 0. The summed E-state index contributed by atoms with van der Waals surface area (Å²) in [6.45, 7) is 1.55. The summed E-state index contributed by atoms with van der Waals surface area (Å²) in [7, 11) is 0. The Morgan fingerprint density at radius 2 is 2.10 bits per heavy atom. The van der Waals surface area contributed by atoms with Gasteiger partial charge in [0.1, 0.15) is 12.7 Å². The van der Waals surface area contributed by atoms with Crippen LogP contribution in [0.3, 0.4) is 0 Å². The molecular weight excluding hydrogens is 310 g/mol. The highest BCUT2D eigenvalue weighted by atomic mass is 35.5. The van der Waals surface area contributed by atoms with Crippen LogP contribution in [-0.4, -0.2) is 30.0 Å². The van der Waals surface area contributed by atoms with Crippen LogP contribution in [-0.2, 0) is 9.53 Å². The lowest BCUT2D eigenvalue weighted by molar-refractivity contribution is -0.213. The first-order valence-electron chi connectivity index (χ1n) is 6.01. The molecule has 0 aliphatic carbocycles. The number of halogens is 3. The summed E-state index contributed by atoms with van der Waals surface area (Å²) in [6, 6.07) is 3.87. The van der Waals surface area contributed by atoms with Gasteiger partial charge < -0.3 is 14.2 Å². The van der Waals surface area contributed by atoms with Gasteiger partial charge in [0.2, 0.25) is 0 Å². The standard InChI is InChI=1S/C13H11ClF2O5/c1-2-19-11(18)6-12(13(14,15)16)20-9-4-3-8(7-17)5-10(9)21-12/h3-5,7H,2,6H2,1H3. The molecule has 0 bridgehead atoms. The molecule has 0 saturated heterocycles. The molecule has 1 atom stereocenters. The van der Waals surface area contributed by atoms with E-state index in [1.807, 2.05) is 0 Å². The molecule has 1 heterocycles. The lowest BCUT2D eigenvalue weighted by atomic mass is 10.2. The molecule has 0 aromatic heterocycles. The molecule has 114 valence electrons. The Kier molecular flexibility index (Phi) is 4.04. The van der Waals surface area contributed by atoms with Crippen LogP contribution < -0.4 is 9.47 Å². The van der Waals surface area contributed by atoms with Crippen LogP contribution in [0.15, 0.2) is 18.2 Å². The number of rotatable bonds is 5. The topological polar surface area (TPSA) is 61.8 Å². The first kappa shape index (κ1) is 15.5. The van der Waals surface area contributed by atoms with E-state index in [0.29, 0.717) is 6.29 Å². The third-order valence-electron chi connectivity index (χ3n) is 2.77. The lowest BCUT2D eigenvalue weighted by Crippen LogP contribution is -2.53. The highest BCUT2D eigenvalue weighted by Crippen LogP contribution is 2.49. The number of alkyl halides is 3. The predicted octanol–water partition coefficient (Wildman–Crippen LogP) is 2.75. The minimum absolute atomic E-state index is 0.0189. The summed E-state index contributed by atoms with van der Waals surface area (Å²) in [6.07, 6.45) is -0.379. The van der Waals surface area contributed by atoms with Crippen molar-refractivity contribution in [1.82, 2.24) is 0 Å². The Bertz CT molecular complexity index is 572. The van der Waals surface area contributed by atoms with Crippen LogP contribution in [0.4, 0.5) is 8.78 Å². The van der Waals surface area contributed by atoms with Crippen molar-refractivity contribution in [2.45, 2.75) is 24.5 Å². The number of carbonyl (C=O) groups excluding carboxylic acids is 2. The first-order valence-corrected chi connectivity index (χ1v) is 6.38. The summed E-state index contributed by atoms with van der Waals surface area (Å²) < 4.78 is 42.1. The summed E-state index contributed by atoms with van der Waals surface area (Å²) in [5.74, 6) is -3.78. The van der Waals surface area contributed by atoms with Gasteiger partial charge in [-0.15, -0.1) is 0 Å². The second kappa shape index (κ2) is 5.48. The van der Waals surface area contributed by atoms with Crippen molar-refractivity contribution < 1.29 is 32.6 Å². The van der Waals surface area contributed by atoms with Gasteiger partial charge in [-0.2, -0.15) is 8.78 Å². The molecule has 1 aromatic rings. The molecule has 0 N–H and O–H groups in total. The fourth-order valence-electron chi connectivity index (χ4n) is 1.83. The van der Waals surface area contributed by atoms with Gasteiger partial charge >= 0.3 is 17.1 Å². The number of aldehydes is 1. The van der Waals surface area contributed by atoms with Gasteiger partial charge in [-0.25, -0.2) is 0 Å². The average molecular weight is 321 g/mol. The van der Waals surface area contributed by atoms with Gasteiger partial charge in [0.05, 0.1) is 6.61 Å².